The van der Waals surface area contributed by atoms with E-state index in [1.165, 1.54) is 11.3 Å². The summed E-state index contributed by atoms with van der Waals surface area (Å²) in [4.78, 5) is 21.1. The molecule has 6 nitrogen and oxygen atoms in total. The van der Waals surface area contributed by atoms with E-state index in [0.717, 1.165) is 10.6 Å². The van der Waals surface area contributed by atoms with Gasteiger partial charge in [-0.1, -0.05) is 23.7 Å². The summed E-state index contributed by atoms with van der Waals surface area (Å²) in [5.74, 6) is 0.957. The molecule has 0 radical (unpaired) electrons. The van der Waals surface area contributed by atoms with Gasteiger partial charge in [0.05, 0.1) is 5.69 Å². The molecule has 0 fully saturated rings. The molecule has 0 unspecified atom stereocenters. The van der Waals surface area contributed by atoms with Crippen molar-refractivity contribution in [2.24, 2.45) is 4.99 Å². The lowest BCUT2D eigenvalue weighted by Gasteiger charge is -2.01. The Morgan fingerprint density at radius 3 is 2.68 bits per heavy atom. The molecular formula is C20H11ClN2O4S. The number of benzene rings is 2. The van der Waals surface area contributed by atoms with Gasteiger partial charge in [-0.25, -0.2) is 14.8 Å². The standard InChI is InChI=1S/C20H11ClN2O4S/c21-13-4-1-11(2-5-13)19-22-14(9-28-19)8-15-20(24)27-18(23-15)12-3-6-16-17(7-12)26-10-25-16/h1-9H,10H2/b15-8-. The van der Waals surface area contributed by atoms with E-state index in [9.17, 15) is 4.79 Å². The van der Waals surface area contributed by atoms with Crippen LogP contribution < -0.4 is 9.47 Å². The first kappa shape index (κ1) is 17.0. The number of nitrogens with zero attached hydrogens (tertiary/aromatic N) is 2. The minimum absolute atomic E-state index is 0.177. The highest BCUT2D eigenvalue weighted by atomic mass is 35.5. The summed E-state index contributed by atoms with van der Waals surface area (Å²) < 4.78 is 15.9. The molecule has 2 aromatic carbocycles. The summed E-state index contributed by atoms with van der Waals surface area (Å²) in [7, 11) is 0. The normalized spacial score (nSPS) is 16.4. The average molecular weight is 411 g/mol. The van der Waals surface area contributed by atoms with Crippen molar-refractivity contribution in [1.29, 1.82) is 0 Å². The number of hydrogen-bond donors (Lipinski definition) is 0. The molecule has 1 aromatic heterocycles. The van der Waals surface area contributed by atoms with E-state index in [1.54, 1.807) is 24.3 Å². The first-order chi connectivity index (χ1) is 13.7. The fourth-order valence-electron chi connectivity index (χ4n) is 2.78. The Morgan fingerprint density at radius 2 is 1.82 bits per heavy atom. The Balaban J connectivity index is 1.42. The molecule has 3 heterocycles. The van der Waals surface area contributed by atoms with Gasteiger partial charge < -0.3 is 14.2 Å². The number of thiazole rings is 1. The van der Waals surface area contributed by atoms with Crippen LogP contribution >= 0.6 is 22.9 Å². The van der Waals surface area contributed by atoms with Crippen LogP contribution in [0.2, 0.25) is 5.02 Å². The predicted octanol–water partition coefficient (Wildman–Crippen LogP) is 4.54. The summed E-state index contributed by atoms with van der Waals surface area (Å²) in [5, 5.41) is 3.36. The number of aliphatic imine (C=N–C) groups is 1. The van der Waals surface area contributed by atoms with Gasteiger partial charge in [0.25, 0.3) is 0 Å². The molecule has 2 aliphatic rings. The number of hydrogen-bond acceptors (Lipinski definition) is 7. The second-order valence-corrected chi connectivity index (χ2v) is 7.28. The molecule has 138 valence electrons. The van der Waals surface area contributed by atoms with Crippen LogP contribution in [-0.4, -0.2) is 23.6 Å². The summed E-state index contributed by atoms with van der Waals surface area (Å²) >= 11 is 7.40. The molecule has 0 aliphatic carbocycles. The molecule has 0 spiro atoms. The largest absolute Gasteiger partial charge is 0.454 e. The molecule has 0 atom stereocenters. The van der Waals surface area contributed by atoms with Crippen LogP contribution in [0.1, 0.15) is 11.3 Å². The van der Waals surface area contributed by atoms with E-state index in [4.69, 9.17) is 25.8 Å². The zero-order chi connectivity index (χ0) is 19.1. The summed E-state index contributed by atoms with van der Waals surface area (Å²) in [6, 6.07) is 12.7. The van der Waals surface area contributed by atoms with Crippen LogP contribution in [0.3, 0.4) is 0 Å². The van der Waals surface area contributed by atoms with Gasteiger partial charge in [-0.2, -0.15) is 0 Å². The van der Waals surface area contributed by atoms with Gasteiger partial charge in [0.2, 0.25) is 12.7 Å². The Morgan fingerprint density at radius 1 is 1.04 bits per heavy atom. The van der Waals surface area contributed by atoms with Gasteiger partial charge in [0.15, 0.2) is 17.2 Å². The molecule has 0 saturated heterocycles. The van der Waals surface area contributed by atoms with E-state index in [-0.39, 0.29) is 18.4 Å². The highest BCUT2D eigenvalue weighted by Gasteiger charge is 2.26. The van der Waals surface area contributed by atoms with E-state index < -0.39 is 5.97 Å². The number of ether oxygens (including phenoxy) is 3. The zero-order valence-electron chi connectivity index (χ0n) is 14.2. The van der Waals surface area contributed by atoms with Crippen molar-refractivity contribution < 1.29 is 19.0 Å². The van der Waals surface area contributed by atoms with Gasteiger partial charge in [0.1, 0.15) is 5.01 Å². The first-order valence-corrected chi connectivity index (χ1v) is 9.55. The van der Waals surface area contributed by atoms with Crippen LogP contribution in [-0.2, 0) is 9.53 Å². The smallest absolute Gasteiger partial charge is 0.363 e. The minimum atomic E-state index is -0.520. The number of halogens is 1. The van der Waals surface area contributed by atoms with E-state index in [0.29, 0.717) is 27.8 Å². The molecule has 8 heteroatoms. The van der Waals surface area contributed by atoms with Crippen LogP contribution in [0.5, 0.6) is 11.5 Å². The lowest BCUT2D eigenvalue weighted by Crippen LogP contribution is -2.05. The molecule has 28 heavy (non-hydrogen) atoms. The van der Waals surface area contributed by atoms with Gasteiger partial charge in [-0.15, -0.1) is 11.3 Å². The van der Waals surface area contributed by atoms with E-state index >= 15 is 0 Å². The second kappa shape index (κ2) is 6.78. The van der Waals surface area contributed by atoms with Crippen molar-refractivity contribution in [3.63, 3.8) is 0 Å². The molecule has 0 bridgehead atoms. The molecule has 0 N–H and O–H groups in total. The van der Waals surface area contributed by atoms with Crippen molar-refractivity contribution in [3.05, 3.63) is 69.8 Å². The molecule has 3 aromatic rings. The fraction of sp³-hybridized carbons (Fsp3) is 0.0500. The summed E-state index contributed by atoms with van der Waals surface area (Å²) in [6.45, 7) is 0.177. The van der Waals surface area contributed by atoms with E-state index in [1.807, 2.05) is 29.6 Å². The molecule has 2 aliphatic heterocycles. The monoisotopic (exact) mass is 410 g/mol. The highest BCUT2D eigenvalue weighted by molar-refractivity contribution is 7.13. The maximum Gasteiger partial charge on any atom is 0.363 e. The summed E-state index contributed by atoms with van der Waals surface area (Å²) in [6.07, 6.45) is 1.61. The van der Waals surface area contributed by atoms with Crippen LogP contribution in [0.4, 0.5) is 0 Å². The van der Waals surface area contributed by atoms with Gasteiger partial charge >= 0.3 is 5.97 Å². The van der Waals surface area contributed by atoms with Gasteiger partial charge in [0, 0.05) is 21.5 Å². The minimum Gasteiger partial charge on any atom is -0.454 e. The molecule has 5 rings (SSSR count). The topological polar surface area (TPSA) is 70.0 Å². The third kappa shape index (κ3) is 3.15. The number of fused-ring (bicyclic) bond motifs is 1. The molecule has 0 amide bonds. The third-order valence-electron chi connectivity index (χ3n) is 4.14. The van der Waals surface area contributed by atoms with Crippen molar-refractivity contribution in [2.45, 2.75) is 0 Å². The van der Waals surface area contributed by atoms with Gasteiger partial charge in [-0.3, -0.25) is 0 Å². The fourth-order valence-corrected chi connectivity index (χ4v) is 3.69. The van der Waals surface area contributed by atoms with Crippen molar-refractivity contribution in [3.8, 4) is 22.1 Å². The van der Waals surface area contributed by atoms with Gasteiger partial charge in [-0.05, 0) is 36.4 Å². The average Bonchev–Trinajstić information content (AvgIpc) is 3.43. The first-order valence-electron chi connectivity index (χ1n) is 8.30. The Hall–Kier alpha value is -3.16. The Labute approximate surface area is 168 Å². The Bertz CT molecular complexity index is 1150. The number of cyclic esters (lactones) is 1. The van der Waals surface area contributed by atoms with Crippen LogP contribution in [0, 0.1) is 0 Å². The third-order valence-corrected chi connectivity index (χ3v) is 5.30. The zero-order valence-corrected chi connectivity index (χ0v) is 15.8. The second-order valence-electron chi connectivity index (χ2n) is 5.99. The van der Waals surface area contributed by atoms with Crippen molar-refractivity contribution in [1.82, 2.24) is 4.98 Å². The number of rotatable bonds is 3. The summed E-state index contributed by atoms with van der Waals surface area (Å²) in [5.41, 5.74) is 2.43. The highest BCUT2D eigenvalue weighted by Crippen LogP contribution is 2.34. The lowest BCUT2D eigenvalue weighted by atomic mass is 10.2. The number of carbonyl (C=O) groups is 1. The predicted molar refractivity (Wildman–Crippen MR) is 106 cm³/mol. The van der Waals surface area contributed by atoms with E-state index in [2.05, 4.69) is 9.98 Å². The maximum atomic E-state index is 12.2. The number of aromatic nitrogens is 1. The lowest BCUT2D eigenvalue weighted by molar-refractivity contribution is -0.129. The van der Waals surface area contributed by atoms with Crippen LogP contribution in [0.25, 0.3) is 16.6 Å². The number of carbonyl (C=O) groups excluding carboxylic acids is 1. The van der Waals surface area contributed by atoms with Crippen molar-refractivity contribution in [2.75, 3.05) is 6.79 Å². The maximum absolute atomic E-state index is 12.2. The molecular weight excluding hydrogens is 400 g/mol. The quantitative estimate of drug-likeness (QED) is 0.468. The van der Waals surface area contributed by atoms with Crippen molar-refractivity contribution >= 4 is 40.9 Å². The SMILES string of the molecule is O=C1OC(c2ccc3c(c2)OCO3)=N/C1=C\c1csc(-c2ccc(Cl)cc2)n1. The van der Waals surface area contributed by atoms with Crippen LogP contribution in [0.15, 0.2) is 58.5 Å². The number of esters is 1. The molecule has 0 saturated carbocycles. The Kier molecular flexibility index (Phi) is 4.11.